The fraction of sp³-hybridized carbons (Fsp3) is 0.0500. The number of carbonyl (C=O) groups excluding carboxylic acids is 2. The highest BCUT2D eigenvalue weighted by Gasteiger charge is 2.65. The van der Waals surface area contributed by atoms with Crippen LogP contribution in [0.2, 0.25) is 0 Å². The molecule has 0 saturated heterocycles. The minimum Gasteiger partial charge on any atom is -0.369 e. The maximum Gasteiger partial charge on any atom is 0.255 e. The first kappa shape index (κ1) is 27.4. The molecule has 2 aliphatic rings. The highest BCUT2D eigenvalue weighted by Crippen LogP contribution is 2.64. The van der Waals surface area contributed by atoms with Crippen molar-refractivity contribution in [3.63, 3.8) is 0 Å². The molecule has 222 valence electrons. The van der Waals surface area contributed by atoms with Crippen LogP contribution in [0.5, 0.6) is 0 Å². The van der Waals surface area contributed by atoms with Gasteiger partial charge in [0.15, 0.2) is 0 Å². The summed E-state index contributed by atoms with van der Waals surface area (Å²) in [6.07, 6.45) is 0. The zero-order valence-corrected chi connectivity index (χ0v) is 24.8. The molecule has 6 heteroatoms. The summed E-state index contributed by atoms with van der Waals surface area (Å²) in [6.45, 7) is 0. The number of anilines is 4. The quantitative estimate of drug-likeness (QED) is 0.156. The van der Waals surface area contributed by atoms with E-state index in [1.54, 1.807) is 24.3 Å². The summed E-state index contributed by atoms with van der Waals surface area (Å²) in [4.78, 5) is 26.3. The Hall–Kier alpha value is -6.14. The average molecular weight is 599 g/mol. The molecule has 46 heavy (non-hydrogen) atoms. The minimum atomic E-state index is -0.803. The van der Waals surface area contributed by atoms with Crippen LogP contribution < -0.4 is 21.3 Å². The Morgan fingerprint density at radius 1 is 0.435 bits per heavy atom. The van der Waals surface area contributed by atoms with Crippen LogP contribution in [-0.2, 0) is 11.1 Å². The standard InChI is InChI=1S/C40H30N4O2/c45-37(27-13-5-1-6-14-27)41-31-22-24-35-34(25-31)40(30-19-11-4-12-20-30)39(43-35,29-17-9-3-10-18-29)33-23-21-32(26-36(33)44-40)42-38(46)28-15-7-2-8-16-28/h1-26,43-44H,(H,41,45)(H,42,46). The zero-order valence-electron chi connectivity index (χ0n) is 24.8. The third-order valence-corrected chi connectivity index (χ3v) is 9.06. The Kier molecular flexibility index (Phi) is 6.43. The van der Waals surface area contributed by atoms with E-state index in [2.05, 4.69) is 81.9 Å². The Morgan fingerprint density at radius 3 is 1.41 bits per heavy atom. The van der Waals surface area contributed by atoms with Gasteiger partial charge in [0.2, 0.25) is 0 Å². The zero-order chi connectivity index (χ0) is 31.1. The van der Waals surface area contributed by atoms with E-state index in [0.717, 1.165) is 33.6 Å². The van der Waals surface area contributed by atoms with Crippen LogP contribution in [0.3, 0.4) is 0 Å². The van der Waals surface area contributed by atoms with Crippen molar-refractivity contribution in [1.82, 2.24) is 0 Å². The van der Waals surface area contributed by atoms with Gasteiger partial charge in [0.05, 0.1) is 0 Å². The lowest BCUT2D eigenvalue weighted by molar-refractivity contribution is 0.101. The molecule has 2 amide bonds. The number of rotatable bonds is 6. The van der Waals surface area contributed by atoms with Gasteiger partial charge in [0.25, 0.3) is 11.8 Å². The highest BCUT2D eigenvalue weighted by atomic mass is 16.2. The molecule has 0 bridgehead atoms. The smallest absolute Gasteiger partial charge is 0.255 e. The normalized spacial score (nSPS) is 18.7. The number of benzene rings is 6. The van der Waals surface area contributed by atoms with Crippen LogP contribution in [0.1, 0.15) is 43.0 Å². The minimum absolute atomic E-state index is 0.170. The van der Waals surface area contributed by atoms with Crippen molar-refractivity contribution in [3.8, 4) is 0 Å². The van der Waals surface area contributed by atoms with Crippen molar-refractivity contribution in [3.05, 3.63) is 191 Å². The maximum atomic E-state index is 13.2. The summed E-state index contributed by atoms with van der Waals surface area (Å²) >= 11 is 0. The molecule has 8 rings (SSSR count). The van der Waals surface area contributed by atoms with Gasteiger partial charge in [0, 0.05) is 45.0 Å². The topological polar surface area (TPSA) is 82.3 Å². The summed E-state index contributed by atoms with van der Waals surface area (Å²) in [6, 6.07) is 51.4. The molecule has 6 nitrogen and oxygen atoms in total. The van der Waals surface area contributed by atoms with E-state index in [0.29, 0.717) is 22.5 Å². The predicted molar refractivity (Wildman–Crippen MR) is 183 cm³/mol. The summed E-state index contributed by atoms with van der Waals surface area (Å²) < 4.78 is 0. The Bertz CT molecular complexity index is 2090. The number of carbonyl (C=O) groups is 2. The van der Waals surface area contributed by atoms with Crippen molar-refractivity contribution in [2.75, 3.05) is 21.3 Å². The number of nitrogens with one attached hydrogen (secondary N) is 4. The molecule has 0 spiro atoms. The first-order valence-electron chi connectivity index (χ1n) is 15.3. The number of fused-ring (bicyclic) bond motifs is 5. The number of hydrogen-bond donors (Lipinski definition) is 4. The highest BCUT2D eigenvalue weighted by molar-refractivity contribution is 6.05. The molecular weight excluding hydrogens is 568 g/mol. The van der Waals surface area contributed by atoms with Gasteiger partial charge in [0.1, 0.15) is 11.1 Å². The van der Waals surface area contributed by atoms with Gasteiger partial charge in [-0.1, -0.05) is 103 Å². The van der Waals surface area contributed by atoms with Gasteiger partial charge >= 0.3 is 0 Å². The largest absolute Gasteiger partial charge is 0.369 e. The molecule has 2 unspecified atom stereocenters. The monoisotopic (exact) mass is 598 g/mol. The van der Waals surface area contributed by atoms with E-state index in [4.69, 9.17) is 0 Å². The van der Waals surface area contributed by atoms with Crippen LogP contribution in [0.4, 0.5) is 22.7 Å². The molecule has 6 aromatic carbocycles. The second kappa shape index (κ2) is 10.8. The van der Waals surface area contributed by atoms with E-state index in [-0.39, 0.29) is 11.8 Å². The molecule has 6 aromatic rings. The molecule has 0 aromatic heterocycles. The van der Waals surface area contributed by atoms with Crippen molar-refractivity contribution in [1.29, 1.82) is 0 Å². The molecule has 0 fully saturated rings. The lowest BCUT2D eigenvalue weighted by Crippen LogP contribution is -2.51. The van der Waals surface area contributed by atoms with Crippen molar-refractivity contribution in [2.24, 2.45) is 0 Å². The van der Waals surface area contributed by atoms with E-state index in [1.165, 1.54) is 0 Å². The van der Waals surface area contributed by atoms with Gasteiger partial charge in [-0.15, -0.1) is 0 Å². The fourth-order valence-corrected chi connectivity index (χ4v) is 7.07. The van der Waals surface area contributed by atoms with E-state index < -0.39 is 11.1 Å². The number of hydrogen-bond acceptors (Lipinski definition) is 4. The van der Waals surface area contributed by atoms with Crippen LogP contribution in [0.15, 0.2) is 158 Å². The lowest BCUT2D eigenvalue weighted by atomic mass is 9.66. The van der Waals surface area contributed by atoms with Crippen LogP contribution in [-0.4, -0.2) is 11.8 Å². The van der Waals surface area contributed by atoms with E-state index >= 15 is 0 Å². The number of amides is 2. The maximum absolute atomic E-state index is 13.2. The van der Waals surface area contributed by atoms with E-state index in [1.807, 2.05) is 72.8 Å². The summed E-state index contributed by atoms with van der Waals surface area (Å²) in [5.74, 6) is -0.340. The summed E-state index contributed by atoms with van der Waals surface area (Å²) in [5.41, 5.74) is 7.06. The SMILES string of the molecule is O=C(Nc1ccc2c(c1)NC1(c3ccccc3)c3cc(NC(=O)c4ccccc4)ccc3NC21c1ccccc1)c1ccccc1. The summed E-state index contributed by atoms with van der Waals surface area (Å²) in [5, 5.41) is 14.1. The van der Waals surface area contributed by atoms with E-state index in [9.17, 15) is 9.59 Å². The lowest BCUT2D eigenvalue weighted by Gasteiger charge is -2.42. The Balaban J connectivity index is 1.29. The molecule has 0 aliphatic carbocycles. The molecular formula is C40H30N4O2. The first-order chi connectivity index (χ1) is 22.6. The molecule has 2 aliphatic heterocycles. The van der Waals surface area contributed by atoms with Crippen molar-refractivity contribution < 1.29 is 9.59 Å². The van der Waals surface area contributed by atoms with Crippen LogP contribution in [0, 0.1) is 0 Å². The molecule has 2 atom stereocenters. The first-order valence-corrected chi connectivity index (χ1v) is 15.3. The second-order valence-corrected chi connectivity index (χ2v) is 11.6. The van der Waals surface area contributed by atoms with Gasteiger partial charge in [-0.3, -0.25) is 9.59 Å². The van der Waals surface area contributed by atoms with Crippen molar-refractivity contribution in [2.45, 2.75) is 11.1 Å². The average Bonchev–Trinajstić information content (AvgIpc) is 3.57. The fourth-order valence-electron chi connectivity index (χ4n) is 7.07. The van der Waals surface area contributed by atoms with Gasteiger partial charge in [-0.2, -0.15) is 0 Å². The van der Waals surface area contributed by atoms with Gasteiger partial charge < -0.3 is 21.3 Å². The Morgan fingerprint density at radius 2 is 0.870 bits per heavy atom. The van der Waals surface area contributed by atoms with Gasteiger partial charge in [-0.25, -0.2) is 0 Å². The third kappa shape index (κ3) is 4.19. The van der Waals surface area contributed by atoms with Crippen molar-refractivity contribution >= 4 is 34.6 Å². The van der Waals surface area contributed by atoms with Gasteiger partial charge in [-0.05, 0) is 65.7 Å². The summed E-state index contributed by atoms with van der Waals surface area (Å²) in [7, 11) is 0. The predicted octanol–water partition coefficient (Wildman–Crippen LogP) is 8.23. The molecule has 4 N–H and O–H groups in total. The second-order valence-electron chi connectivity index (χ2n) is 11.6. The van der Waals surface area contributed by atoms with Crippen LogP contribution >= 0.6 is 0 Å². The molecule has 0 saturated carbocycles. The molecule has 2 heterocycles. The van der Waals surface area contributed by atoms with Crippen LogP contribution in [0.25, 0.3) is 0 Å². The molecule has 0 radical (unpaired) electrons. The Labute approximate surface area is 267 Å². The third-order valence-electron chi connectivity index (χ3n) is 9.06.